The number of halogens is 3. The van der Waals surface area contributed by atoms with E-state index in [2.05, 4.69) is 20.6 Å². The minimum Gasteiger partial charge on any atom is -0.396 e. The highest BCUT2D eigenvalue weighted by atomic mass is 19.2. The maximum Gasteiger partial charge on any atom is 0.195 e. The van der Waals surface area contributed by atoms with Crippen LogP contribution in [0.4, 0.5) is 13.2 Å². The molecule has 2 aliphatic rings. The maximum absolute atomic E-state index is 14.3. The fourth-order valence-electron chi connectivity index (χ4n) is 4.97. The zero-order chi connectivity index (χ0) is 27.0. The molecule has 2 fully saturated rings. The standard InChI is InChI=1S/C23H27F3N6O6/c1-36-22-16(6-12-7-32(30-27-12)23(4-5-33)10-37-11-23)38-17(9-34)21(35)20(22)31-8-15(28-29-31)13-2-3-14(24)19(26)18(13)25/h2-3,7-8,16-17,20-22,33-35H,4-6,9-11H2,1H3/t16-,17-,20+,21+,22+/m1/s1. The van der Waals surface area contributed by atoms with Crippen LogP contribution in [0.1, 0.15) is 18.2 Å². The Balaban J connectivity index is 1.42. The molecule has 0 amide bonds. The van der Waals surface area contributed by atoms with Crippen molar-refractivity contribution in [3.8, 4) is 11.3 Å². The first-order valence-electron chi connectivity index (χ1n) is 11.9. The molecular weight excluding hydrogens is 513 g/mol. The van der Waals surface area contributed by atoms with E-state index in [1.807, 2.05) is 0 Å². The average Bonchev–Trinajstić information content (AvgIpc) is 3.55. The predicted octanol–water partition coefficient (Wildman–Crippen LogP) is -0.0188. The molecule has 1 aromatic carbocycles. The summed E-state index contributed by atoms with van der Waals surface area (Å²) in [6.45, 7) is 0.228. The van der Waals surface area contributed by atoms with Gasteiger partial charge in [0.2, 0.25) is 0 Å². The Kier molecular flexibility index (Phi) is 7.48. The van der Waals surface area contributed by atoms with Gasteiger partial charge in [-0.25, -0.2) is 22.5 Å². The van der Waals surface area contributed by atoms with Gasteiger partial charge >= 0.3 is 0 Å². The van der Waals surface area contributed by atoms with E-state index in [-0.39, 0.29) is 24.3 Å². The summed E-state index contributed by atoms with van der Waals surface area (Å²) in [5, 5.41) is 46.6. The number of ether oxygens (including phenoxy) is 3. The fraction of sp³-hybridized carbons (Fsp3) is 0.565. The SMILES string of the molecule is CO[C@@H]1[C@@H](n2cc(-c3ccc(F)c(F)c3F)nn2)[C@@H](O)[C@@H](CO)O[C@@H]1Cc1cn(C2(CCO)COC2)nn1. The Morgan fingerprint density at radius 2 is 1.87 bits per heavy atom. The number of rotatable bonds is 9. The van der Waals surface area contributed by atoms with E-state index in [1.54, 1.807) is 10.9 Å². The summed E-state index contributed by atoms with van der Waals surface area (Å²) in [7, 11) is 1.41. The lowest BCUT2D eigenvalue weighted by Gasteiger charge is -2.43. The van der Waals surface area contributed by atoms with E-state index in [0.29, 0.717) is 25.3 Å². The quantitative estimate of drug-likeness (QED) is 0.316. The normalized spacial score (nSPS) is 26.9. The van der Waals surface area contributed by atoms with Gasteiger partial charge in [-0.2, -0.15) is 0 Å². The Morgan fingerprint density at radius 3 is 2.53 bits per heavy atom. The molecule has 0 aliphatic carbocycles. The lowest BCUT2D eigenvalue weighted by Crippen LogP contribution is -2.57. The van der Waals surface area contributed by atoms with Gasteiger partial charge in [-0.3, -0.25) is 0 Å². The number of aromatic nitrogens is 6. The second-order valence-electron chi connectivity index (χ2n) is 9.43. The minimum absolute atomic E-state index is 0.0395. The van der Waals surface area contributed by atoms with Gasteiger partial charge in [-0.15, -0.1) is 10.2 Å². The minimum atomic E-state index is -1.64. The number of aliphatic hydroxyl groups excluding tert-OH is 3. The molecule has 0 unspecified atom stereocenters. The lowest BCUT2D eigenvalue weighted by atomic mass is 9.90. The first kappa shape index (κ1) is 26.6. The van der Waals surface area contributed by atoms with Crippen LogP contribution in [0.15, 0.2) is 24.5 Å². The summed E-state index contributed by atoms with van der Waals surface area (Å²) in [6, 6.07) is 0.871. The molecular formula is C23H27F3N6O6. The highest BCUT2D eigenvalue weighted by molar-refractivity contribution is 5.58. The van der Waals surface area contributed by atoms with E-state index in [9.17, 15) is 28.5 Å². The van der Waals surface area contributed by atoms with Crippen molar-refractivity contribution < 1.29 is 42.7 Å². The number of hydrogen-bond donors (Lipinski definition) is 3. The summed E-state index contributed by atoms with van der Waals surface area (Å²) in [4.78, 5) is 0. The Morgan fingerprint density at radius 1 is 1.08 bits per heavy atom. The van der Waals surface area contributed by atoms with E-state index in [0.717, 1.165) is 12.1 Å². The van der Waals surface area contributed by atoms with Crippen molar-refractivity contribution in [1.82, 2.24) is 30.0 Å². The number of methoxy groups -OCH3 is 1. The van der Waals surface area contributed by atoms with Gasteiger partial charge in [0, 0.05) is 38.3 Å². The predicted molar refractivity (Wildman–Crippen MR) is 121 cm³/mol. The van der Waals surface area contributed by atoms with Crippen LogP contribution in [-0.2, 0) is 26.2 Å². The second kappa shape index (κ2) is 10.7. The molecule has 3 N–H and O–H groups in total. The van der Waals surface area contributed by atoms with Gasteiger partial charge in [-0.1, -0.05) is 10.4 Å². The topological polar surface area (TPSA) is 150 Å². The van der Waals surface area contributed by atoms with Gasteiger partial charge in [0.15, 0.2) is 17.5 Å². The fourth-order valence-corrected chi connectivity index (χ4v) is 4.97. The van der Waals surface area contributed by atoms with E-state index in [4.69, 9.17) is 14.2 Å². The van der Waals surface area contributed by atoms with Crippen LogP contribution >= 0.6 is 0 Å². The Hall–Kier alpha value is -2.95. The molecule has 0 radical (unpaired) electrons. The molecule has 2 aromatic heterocycles. The third-order valence-corrected chi connectivity index (χ3v) is 7.12. The van der Waals surface area contributed by atoms with Gasteiger partial charge in [0.25, 0.3) is 0 Å². The average molecular weight is 540 g/mol. The molecule has 3 aromatic rings. The molecule has 2 saturated heterocycles. The van der Waals surface area contributed by atoms with E-state index < -0.39 is 60.1 Å². The monoisotopic (exact) mass is 540 g/mol. The van der Waals surface area contributed by atoms with Gasteiger partial charge in [0.05, 0.1) is 37.8 Å². The largest absolute Gasteiger partial charge is 0.396 e. The Bertz CT molecular complexity index is 1270. The van der Waals surface area contributed by atoms with Crippen molar-refractivity contribution in [2.45, 2.75) is 48.8 Å². The van der Waals surface area contributed by atoms with Crippen LogP contribution in [0.5, 0.6) is 0 Å². The summed E-state index contributed by atoms with van der Waals surface area (Å²) < 4.78 is 61.3. The first-order chi connectivity index (χ1) is 18.3. The van der Waals surface area contributed by atoms with Crippen LogP contribution in [0, 0.1) is 17.5 Å². The molecule has 5 atom stereocenters. The lowest BCUT2D eigenvalue weighted by molar-refractivity contribution is -0.212. The second-order valence-corrected chi connectivity index (χ2v) is 9.43. The third kappa shape index (κ3) is 4.58. The smallest absolute Gasteiger partial charge is 0.195 e. The van der Waals surface area contributed by atoms with Crippen molar-refractivity contribution in [1.29, 1.82) is 0 Å². The van der Waals surface area contributed by atoms with Gasteiger partial charge in [-0.05, 0) is 12.1 Å². The van der Waals surface area contributed by atoms with Crippen molar-refractivity contribution in [3.05, 3.63) is 47.7 Å². The summed E-state index contributed by atoms with van der Waals surface area (Å²) in [6.07, 6.45) is -0.255. The molecule has 0 bridgehead atoms. The summed E-state index contributed by atoms with van der Waals surface area (Å²) in [5.74, 6) is -4.39. The molecule has 206 valence electrons. The molecule has 4 heterocycles. The van der Waals surface area contributed by atoms with Crippen molar-refractivity contribution in [2.24, 2.45) is 0 Å². The molecule has 15 heteroatoms. The van der Waals surface area contributed by atoms with E-state index >= 15 is 0 Å². The van der Waals surface area contributed by atoms with Crippen molar-refractivity contribution in [3.63, 3.8) is 0 Å². The van der Waals surface area contributed by atoms with Crippen LogP contribution < -0.4 is 0 Å². The van der Waals surface area contributed by atoms with Crippen LogP contribution in [0.2, 0.25) is 0 Å². The number of nitrogens with zero attached hydrogens (tertiary/aromatic N) is 6. The highest BCUT2D eigenvalue weighted by Crippen LogP contribution is 2.35. The van der Waals surface area contributed by atoms with Crippen molar-refractivity contribution in [2.75, 3.05) is 33.5 Å². The molecule has 5 rings (SSSR count). The highest BCUT2D eigenvalue weighted by Gasteiger charge is 2.48. The molecule has 12 nitrogen and oxygen atoms in total. The first-order valence-corrected chi connectivity index (χ1v) is 11.9. The van der Waals surface area contributed by atoms with Gasteiger partial charge < -0.3 is 29.5 Å². The number of benzene rings is 1. The Labute approximate surface area is 214 Å². The number of hydrogen-bond acceptors (Lipinski definition) is 10. The third-order valence-electron chi connectivity index (χ3n) is 7.12. The summed E-state index contributed by atoms with van der Waals surface area (Å²) >= 11 is 0. The molecule has 38 heavy (non-hydrogen) atoms. The van der Waals surface area contributed by atoms with Crippen LogP contribution in [-0.4, -0.2) is 103 Å². The summed E-state index contributed by atoms with van der Waals surface area (Å²) in [5.41, 5.74) is -0.343. The number of aliphatic hydroxyl groups is 3. The molecule has 2 aliphatic heterocycles. The zero-order valence-corrected chi connectivity index (χ0v) is 20.3. The van der Waals surface area contributed by atoms with Gasteiger partial charge in [0.1, 0.15) is 35.6 Å². The maximum atomic E-state index is 14.3. The van der Waals surface area contributed by atoms with Crippen molar-refractivity contribution >= 4 is 0 Å². The van der Waals surface area contributed by atoms with Crippen LogP contribution in [0.3, 0.4) is 0 Å². The van der Waals surface area contributed by atoms with E-state index in [1.165, 1.54) is 18.0 Å². The molecule has 0 saturated carbocycles. The zero-order valence-electron chi connectivity index (χ0n) is 20.3. The molecule has 0 spiro atoms. The van der Waals surface area contributed by atoms with Crippen LogP contribution in [0.25, 0.3) is 11.3 Å².